The standard InChI is InChI=1S/C20H22FN3O4/c1-12-7-8-24(11-15-4-3-9-28-15)20(27)18(12)19(26)23-17-10-14(22-13(2)25)5-6-16(17)21/h5-8,10,15H,3-4,9,11H2,1-2H3,(H,22,25)(H,23,26). The van der Waals surface area contributed by atoms with Gasteiger partial charge >= 0.3 is 0 Å². The number of rotatable bonds is 5. The van der Waals surface area contributed by atoms with Gasteiger partial charge in [-0.1, -0.05) is 0 Å². The van der Waals surface area contributed by atoms with E-state index in [4.69, 9.17) is 4.74 Å². The highest BCUT2D eigenvalue weighted by Gasteiger charge is 2.21. The molecule has 0 saturated carbocycles. The summed E-state index contributed by atoms with van der Waals surface area (Å²) in [6.45, 7) is 4.01. The molecule has 0 bridgehead atoms. The van der Waals surface area contributed by atoms with Crippen molar-refractivity contribution in [3.63, 3.8) is 0 Å². The van der Waals surface area contributed by atoms with Crippen LogP contribution in [-0.4, -0.2) is 29.1 Å². The van der Waals surface area contributed by atoms with Crippen molar-refractivity contribution in [2.75, 3.05) is 17.2 Å². The third-order valence-electron chi connectivity index (χ3n) is 4.56. The summed E-state index contributed by atoms with van der Waals surface area (Å²) in [6, 6.07) is 5.50. The fourth-order valence-electron chi connectivity index (χ4n) is 3.18. The van der Waals surface area contributed by atoms with Crippen molar-refractivity contribution >= 4 is 23.2 Å². The van der Waals surface area contributed by atoms with E-state index in [-0.39, 0.29) is 23.3 Å². The molecule has 7 nitrogen and oxygen atoms in total. The van der Waals surface area contributed by atoms with Crippen molar-refractivity contribution in [1.29, 1.82) is 0 Å². The zero-order valence-corrected chi connectivity index (χ0v) is 15.8. The number of amides is 2. The minimum Gasteiger partial charge on any atom is -0.376 e. The van der Waals surface area contributed by atoms with Gasteiger partial charge in [0.1, 0.15) is 11.4 Å². The predicted molar refractivity (Wildman–Crippen MR) is 103 cm³/mol. The van der Waals surface area contributed by atoms with Crippen LogP contribution >= 0.6 is 0 Å². The van der Waals surface area contributed by atoms with Crippen molar-refractivity contribution in [2.24, 2.45) is 0 Å². The quantitative estimate of drug-likeness (QED) is 0.826. The van der Waals surface area contributed by atoms with E-state index in [9.17, 15) is 18.8 Å². The Labute approximate surface area is 161 Å². The van der Waals surface area contributed by atoms with Crippen molar-refractivity contribution in [1.82, 2.24) is 4.57 Å². The fourth-order valence-corrected chi connectivity index (χ4v) is 3.18. The van der Waals surface area contributed by atoms with E-state index in [0.717, 1.165) is 18.9 Å². The van der Waals surface area contributed by atoms with Gasteiger partial charge in [0, 0.05) is 25.4 Å². The molecule has 1 atom stereocenters. The van der Waals surface area contributed by atoms with Gasteiger partial charge in [0.2, 0.25) is 5.91 Å². The molecule has 1 aliphatic heterocycles. The maximum atomic E-state index is 14.1. The van der Waals surface area contributed by atoms with Gasteiger partial charge in [0.05, 0.1) is 18.3 Å². The Morgan fingerprint density at radius 2 is 2.07 bits per heavy atom. The number of hydrogen-bond donors (Lipinski definition) is 2. The molecule has 2 N–H and O–H groups in total. The second-order valence-corrected chi connectivity index (χ2v) is 6.80. The molecular formula is C20H22FN3O4. The highest BCUT2D eigenvalue weighted by molar-refractivity contribution is 6.05. The number of halogens is 1. The average molecular weight is 387 g/mol. The number of aromatic nitrogens is 1. The molecule has 2 amide bonds. The van der Waals surface area contributed by atoms with E-state index in [0.29, 0.717) is 24.4 Å². The molecule has 0 spiro atoms. The van der Waals surface area contributed by atoms with E-state index in [1.165, 1.54) is 23.6 Å². The molecule has 2 heterocycles. The number of nitrogens with zero attached hydrogens (tertiary/aromatic N) is 1. The van der Waals surface area contributed by atoms with Crippen LogP contribution < -0.4 is 16.2 Å². The number of nitrogens with one attached hydrogen (secondary N) is 2. The third kappa shape index (κ3) is 4.45. The van der Waals surface area contributed by atoms with E-state index in [1.54, 1.807) is 19.2 Å². The summed E-state index contributed by atoms with van der Waals surface area (Å²) < 4.78 is 21.1. The number of carbonyl (C=O) groups is 2. The van der Waals surface area contributed by atoms with Gasteiger partial charge < -0.3 is 19.9 Å². The van der Waals surface area contributed by atoms with Crippen LogP contribution in [-0.2, 0) is 16.1 Å². The molecule has 1 aromatic carbocycles. The molecule has 1 aromatic heterocycles. The summed E-state index contributed by atoms with van der Waals surface area (Å²) in [5.74, 6) is -1.70. The molecule has 28 heavy (non-hydrogen) atoms. The number of benzene rings is 1. The summed E-state index contributed by atoms with van der Waals surface area (Å²) in [5, 5.41) is 4.95. The second kappa shape index (κ2) is 8.35. The van der Waals surface area contributed by atoms with E-state index in [2.05, 4.69) is 10.6 Å². The fraction of sp³-hybridized carbons (Fsp3) is 0.350. The Balaban J connectivity index is 1.86. The van der Waals surface area contributed by atoms with Crippen LogP contribution in [0.1, 0.15) is 35.7 Å². The molecule has 3 rings (SSSR count). The number of aryl methyl sites for hydroxylation is 1. The number of anilines is 2. The van der Waals surface area contributed by atoms with Crippen LogP contribution in [0.15, 0.2) is 35.3 Å². The Hall–Kier alpha value is -3.00. The maximum Gasteiger partial charge on any atom is 0.263 e. The highest BCUT2D eigenvalue weighted by atomic mass is 19.1. The van der Waals surface area contributed by atoms with Crippen LogP contribution in [0.4, 0.5) is 15.8 Å². The molecule has 1 aliphatic rings. The summed E-state index contributed by atoms with van der Waals surface area (Å²) in [5.41, 5.74) is 0.204. The first-order valence-corrected chi connectivity index (χ1v) is 9.05. The molecule has 2 aromatic rings. The molecule has 0 radical (unpaired) electrons. The lowest BCUT2D eigenvalue weighted by molar-refractivity contribution is -0.114. The predicted octanol–water partition coefficient (Wildman–Crippen LogP) is 2.69. The Morgan fingerprint density at radius 1 is 1.29 bits per heavy atom. The summed E-state index contributed by atoms with van der Waals surface area (Å²) >= 11 is 0. The van der Waals surface area contributed by atoms with Crippen LogP contribution in [0.3, 0.4) is 0 Å². The SMILES string of the molecule is CC(=O)Nc1ccc(F)c(NC(=O)c2c(C)ccn(CC3CCCO3)c2=O)c1. The molecule has 1 saturated heterocycles. The first kappa shape index (κ1) is 19.8. The van der Waals surface area contributed by atoms with Gasteiger partial charge in [-0.05, 0) is 49.6 Å². The van der Waals surface area contributed by atoms with Crippen LogP contribution in [0.5, 0.6) is 0 Å². The van der Waals surface area contributed by atoms with Crippen molar-refractivity contribution in [3.8, 4) is 0 Å². The van der Waals surface area contributed by atoms with Gasteiger partial charge in [-0.15, -0.1) is 0 Å². The lowest BCUT2D eigenvalue weighted by Crippen LogP contribution is -2.33. The van der Waals surface area contributed by atoms with E-state index >= 15 is 0 Å². The first-order chi connectivity index (χ1) is 13.3. The lowest BCUT2D eigenvalue weighted by atomic mass is 10.1. The van der Waals surface area contributed by atoms with E-state index < -0.39 is 17.3 Å². The van der Waals surface area contributed by atoms with E-state index in [1.807, 2.05) is 0 Å². The Bertz CT molecular complexity index is 964. The van der Waals surface area contributed by atoms with Crippen LogP contribution in [0.25, 0.3) is 0 Å². The number of ether oxygens (including phenoxy) is 1. The third-order valence-corrected chi connectivity index (χ3v) is 4.56. The number of pyridine rings is 1. The largest absolute Gasteiger partial charge is 0.376 e. The molecule has 148 valence electrons. The monoisotopic (exact) mass is 387 g/mol. The molecule has 0 aliphatic carbocycles. The topological polar surface area (TPSA) is 89.4 Å². The van der Waals surface area contributed by atoms with Crippen molar-refractivity contribution in [3.05, 3.63) is 57.8 Å². The van der Waals surface area contributed by atoms with Gasteiger partial charge in [-0.25, -0.2) is 4.39 Å². The zero-order chi connectivity index (χ0) is 20.3. The van der Waals surface area contributed by atoms with Crippen LogP contribution in [0.2, 0.25) is 0 Å². The van der Waals surface area contributed by atoms with Crippen molar-refractivity contribution < 1.29 is 18.7 Å². The summed E-state index contributed by atoms with van der Waals surface area (Å²) in [4.78, 5) is 36.7. The molecule has 1 unspecified atom stereocenters. The molecule has 1 fully saturated rings. The van der Waals surface area contributed by atoms with Gasteiger partial charge in [0.25, 0.3) is 11.5 Å². The zero-order valence-electron chi connectivity index (χ0n) is 15.8. The van der Waals surface area contributed by atoms with Crippen LogP contribution in [0, 0.1) is 12.7 Å². The van der Waals surface area contributed by atoms with Crippen molar-refractivity contribution in [2.45, 2.75) is 39.3 Å². The van der Waals surface area contributed by atoms with Gasteiger partial charge in [0.15, 0.2) is 0 Å². The Morgan fingerprint density at radius 3 is 2.75 bits per heavy atom. The minimum atomic E-state index is -0.705. The average Bonchev–Trinajstić information content (AvgIpc) is 3.13. The lowest BCUT2D eigenvalue weighted by Gasteiger charge is -2.15. The first-order valence-electron chi connectivity index (χ1n) is 9.05. The van der Waals surface area contributed by atoms with Gasteiger partial charge in [-0.2, -0.15) is 0 Å². The van der Waals surface area contributed by atoms with Gasteiger partial charge in [-0.3, -0.25) is 14.4 Å². The highest BCUT2D eigenvalue weighted by Crippen LogP contribution is 2.21. The maximum absolute atomic E-state index is 14.1. The summed E-state index contributed by atoms with van der Waals surface area (Å²) in [7, 11) is 0. The Kier molecular flexibility index (Phi) is 5.89. The number of carbonyl (C=O) groups excluding carboxylic acids is 2. The smallest absolute Gasteiger partial charge is 0.263 e. The minimum absolute atomic E-state index is 0.0511. The molecular weight excluding hydrogens is 365 g/mol. The second-order valence-electron chi connectivity index (χ2n) is 6.80. The number of hydrogen-bond acceptors (Lipinski definition) is 4. The summed E-state index contributed by atoms with van der Waals surface area (Å²) in [6.07, 6.45) is 3.39. The normalized spacial score (nSPS) is 16.0. The molecule has 8 heteroatoms.